The Labute approximate surface area is 191 Å². The molecule has 2 aliphatic rings. The number of nitrogens with zero attached hydrogens (tertiary/aromatic N) is 4. The van der Waals surface area contributed by atoms with Crippen LogP contribution in [-0.4, -0.2) is 55.6 Å². The van der Waals surface area contributed by atoms with Crippen LogP contribution in [0, 0.1) is 0 Å². The molecule has 1 saturated heterocycles. The summed E-state index contributed by atoms with van der Waals surface area (Å²) in [5, 5.41) is 0.717. The van der Waals surface area contributed by atoms with Crippen LogP contribution in [0.2, 0.25) is 5.02 Å². The molecule has 5 nitrogen and oxygen atoms in total. The van der Waals surface area contributed by atoms with Crippen molar-refractivity contribution in [2.45, 2.75) is 18.9 Å². The van der Waals surface area contributed by atoms with E-state index in [2.05, 4.69) is 34.9 Å². The number of likely N-dealkylation sites (N-methyl/N-ethyl adjacent to an activating group) is 1. The van der Waals surface area contributed by atoms with Gasteiger partial charge in [0.25, 0.3) is 5.91 Å². The molecule has 160 valence electrons. The van der Waals surface area contributed by atoms with Crippen molar-refractivity contribution in [1.29, 1.82) is 0 Å². The van der Waals surface area contributed by atoms with Gasteiger partial charge in [0.05, 0.1) is 16.8 Å². The third-order valence-electron chi connectivity index (χ3n) is 6.24. The molecule has 1 amide bonds. The minimum Gasteiger partial charge on any atom is -0.355 e. The molecule has 2 aromatic heterocycles. The van der Waals surface area contributed by atoms with Crippen LogP contribution in [0.25, 0.3) is 10.4 Å². The second-order valence-corrected chi connectivity index (χ2v) is 9.89. The second kappa shape index (κ2) is 8.26. The van der Waals surface area contributed by atoms with Crippen LogP contribution in [0.1, 0.15) is 21.7 Å². The number of amides is 1. The highest BCUT2D eigenvalue weighted by Crippen LogP contribution is 2.36. The number of benzene rings is 1. The summed E-state index contributed by atoms with van der Waals surface area (Å²) >= 11 is 7.58. The van der Waals surface area contributed by atoms with E-state index in [0.29, 0.717) is 12.6 Å². The first kappa shape index (κ1) is 20.5. The minimum absolute atomic E-state index is 0.0647. The Morgan fingerprint density at radius 2 is 1.94 bits per heavy atom. The third kappa shape index (κ3) is 3.95. The summed E-state index contributed by atoms with van der Waals surface area (Å²) in [6.45, 7) is 2.69. The number of fused-ring (bicyclic) bond motifs is 1. The zero-order valence-electron chi connectivity index (χ0n) is 17.7. The van der Waals surface area contributed by atoms with Crippen LogP contribution in [-0.2, 0) is 6.42 Å². The molecule has 0 saturated carbocycles. The smallest absolute Gasteiger partial charge is 0.268 e. The first-order chi connectivity index (χ1) is 15.0. The van der Waals surface area contributed by atoms with Crippen molar-refractivity contribution < 1.29 is 4.79 Å². The molecular formula is C24H25ClN4OS. The van der Waals surface area contributed by atoms with Gasteiger partial charge in [-0.05, 0) is 68.4 Å². The van der Waals surface area contributed by atoms with Gasteiger partial charge in [0.1, 0.15) is 5.82 Å². The highest BCUT2D eigenvalue weighted by Gasteiger charge is 2.29. The van der Waals surface area contributed by atoms with E-state index in [-0.39, 0.29) is 5.91 Å². The molecule has 1 unspecified atom stereocenters. The molecule has 5 rings (SSSR count). The lowest BCUT2D eigenvalue weighted by atomic mass is 10.1. The van der Waals surface area contributed by atoms with E-state index in [9.17, 15) is 4.79 Å². The van der Waals surface area contributed by atoms with Crippen molar-refractivity contribution in [2.24, 2.45) is 0 Å². The van der Waals surface area contributed by atoms with Crippen molar-refractivity contribution in [3.8, 4) is 10.4 Å². The normalized spacial score (nSPS) is 18.7. The number of carbonyl (C=O) groups is 1. The number of thiophene rings is 1. The predicted octanol–water partition coefficient (Wildman–Crippen LogP) is 4.81. The Morgan fingerprint density at radius 3 is 2.61 bits per heavy atom. The lowest BCUT2D eigenvalue weighted by molar-refractivity contribution is 0.0985. The number of hydrogen-bond acceptors (Lipinski definition) is 5. The zero-order chi connectivity index (χ0) is 21.5. The van der Waals surface area contributed by atoms with Crippen molar-refractivity contribution in [3.05, 3.63) is 64.1 Å². The maximum atomic E-state index is 13.2. The summed E-state index contributed by atoms with van der Waals surface area (Å²) in [6.07, 6.45) is 3.84. The first-order valence-corrected chi connectivity index (χ1v) is 11.8. The molecule has 0 spiro atoms. The Bertz CT molecular complexity index is 1090. The summed E-state index contributed by atoms with van der Waals surface area (Å²) in [4.78, 5) is 26.3. The molecule has 31 heavy (non-hydrogen) atoms. The molecule has 0 aliphatic carbocycles. The number of rotatable bonds is 4. The van der Waals surface area contributed by atoms with E-state index in [0.717, 1.165) is 63.3 Å². The van der Waals surface area contributed by atoms with Gasteiger partial charge in [0.2, 0.25) is 0 Å². The van der Waals surface area contributed by atoms with Crippen LogP contribution < -0.4 is 9.80 Å². The molecule has 4 heterocycles. The summed E-state index contributed by atoms with van der Waals surface area (Å²) in [5.41, 5.74) is 3.09. The van der Waals surface area contributed by atoms with Gasteiger partial charge < -0.3 is 14.7 Å². The molecule has 7 heteroatoms. The Morgan fingerprint density at radius 1 is 1.13 bits per heavy atom. The van der Waals surface area contributed by atoms with E-state index in [1.807, 2.05) is 47.5 Å². The van der Waals surface area contributed by atoms with Crippen LogP contribution in [0.5, 0.6) is 0 Å². The second-order valence-electron chi connectivity index (χ2n) is 8.41. The Balaban J connectivity index is 1.34. The highest BCUT2D eigenvalue weighted by molar-refractivity contribution is 7.17. The molecule has 3 aromatic rings. The van der Waals surface area contributed by atoms with Gasteiger partial charge in [-0.3, -0.25) is 4.79 Å². The molecule has 2 aliphatic heterocycles. The fourth-order valence-corrected chi connectivity index (χ4v) is 5.64. The van der Waals surface area contributed by atoms with Crippen LogP contribution in [0.4, 0.5) is 11.5 Å². The molecule has 1 fully saturated rings. The molecule has 1 aromatic carbocycles. The summed E-state index contributed by atoms with van der Waals surface area (Å²) in [7, 11) is 4.26. The summed E-state index contributed by atoms with van der Waals surface area (Å²) in [6, 6.07) is 14.6. The number of pyridine rings is 1. The Hall–Kier alpha value is -2.41. The summed E-state index contributed by atoms with van der Waals surface area (Å²) in [5.74, 6) is 1.05. The number of hydrogen-bond donors (Lipinski definition) is 0. The topological polar surface area (TPSA) is 39.7 Å². The highest BCUT2D eigenvalue weighted by atomic mass is 35.5. The minimum atomic E-state index is 0.0647. The monoisotopic (exact) mass is 452 g/mol. The number of carbonyl (C=O) groups excluding carboxylic acids is 1. The van der Waals surface area contributed by atoms with Crippen LogP contribution >= 0.6 is 22.9 Å². The molecule has 0 bridgehead atoms. The molecule has 1 atom stereocenters. The van der Waals surface area contributed by atoms with Crippen LogP contribution in [0.3, 0.4) is 0 Å². The van der Waals surface area contributed by atoms with Gasteiger partial charge in [-0.2, -0.15) is 0 Å². The fraction of sp³-hybridized carbons (Fsp3) is 0.333. The SMILES string of the molecule is CN(C)C1CCN(c2ccc(N3CCc4cc(-c5ccc(Cl)cc5)sc4C3=O)cn2)C1. The largest absolute Gasteiger partial charge is 0.355 e. The molecule has 0 radical (unpaired) electrons. The number of halogens is 1. The molecule has 0 N–H and O–H groups in total. The van der Waals surface area contributed by atoms with Crippen molar-refractivity contribution >= 4 is 40.4 Å². The average molecular weight is 453 g/mol. The van der Waals surface area contributed by atoms with Gasteiger partial charge in [-0.25, -0.2) is 4.98 Å². The average Bonchev–Trinajstić information content (AvgIpc) is 3.43. The predicted molar refractivity (Wildman–Crippen MR) is 129 cm³/mol. The maximum absolute atomic E-state index is 13.2. The van der Waals surface area contributed by atoms with Crippen molar-refractivity contribution in [2.75, 3.05) is 43.5 Å². The van der Waals surface area contributed by atoms with E-state index in [4.69, 9.17) is 11.6 Å². The maximum Gasteiger partial charge on any atom is 0.268 e. The van der Waals surface area contributed by atoms with E-state index in [1.165, 1.54) is 0 Å². The summed E-state index contributed by atoms with van der Waals surface area (Å²) < 4.78 is 0. The lowest BCUT2D eigenvalue weighted by Crippen LogP contribution is -2.36. The molecular weight excluding hydrogens is 428 g/mol. The fourth-order valence-electron chi connectivity index (χ4n) is 4.35. The van der Waals surface area contributed by atoms with Gasteiger partial charge in [0.15, 0.2) is 0 Å². The third-order valence-corrected chi connectivity index (χ3v) is 7.71. The van der Waals surface area contributed by atoms with E-state index >= 15 is 0 Å². The van der Waals surface area contributed by atoms with E-state index in [1.54, 1.807) is 11.3 Å². The van der Waals surface area contributed by atoms with Crippen molar-refractivity contribution in [1.82, 2.24) is 9.88 Å². The number of aromatic nitrogens is 1. The van der Waals surface area contributed by atoms with E-state index < -0.39 is 0 Å². The number of anilines is 2. The van der Waals surface area contributed by atoms with Crippen LogP contribution in [0.15, 0.2) is 48.7 Å². The van der Waals surface area contributed by atoms with Gasteiger partial charge in [-0.15, -0.1) is 11.3 Å². The lowest BCUT2D eigenvalue weighted by Gasteiger charge is -2.27. The quantitative estimate of drug-likeness (QED) is 0.569. The standard InChI is InChI=1S/C24H25ClN4OS/c1-27(2)20-10-11-28(15-20)22-8-7-19(14-26-22)29-12-9-17-13-21(31-23(17)24(29)30)16-3-5-18(25)6-4-16/h3-8,13-14,20H,9-12,15H2,1-2H3. The Kier molecular flexibility index (Phi) is 5.46. The zero-order valence-corrected chi connectivity index (χ0v) is 19.3. The van der Waals surface area contributed by atoms with Crippen molar-refractivity contribution in [3.63, 3.8) is 0 Å². The van der Waals surface area contributed by atoms with Gasteiger partial charge in [0, 0.05) is 35.6 Å². The first-order valence-electron chi connectivity index (χ1n) is 10.6. The van der Waals surface area contributed by atoms with Gasteiger partial charge >= 0.3 is 0 Å². The van der Waals surface area contributed by atoms with Gasteiger partial charge in [-0.1, -0.05) is 23.7 Å².